The number of piperidine rings is 2. The van der Waals surface area contributed by atoms with Crippen LogP contribution in [-0.2, 0) is 9.59 Å². The van der Waals surface area contributed by atoms with E-state index in [0.717, 1.165) is 58.3 Å². The van der Waals surface area contributed by atoms with Crippen LogP contribution in [0.15, 0.2) is 0 Å². The molecule has 2 amide bonds. The smallest absolute Gasteiger partial charge is 0.226 e. The van der Waals surface area contributed by atoms with Crippen LogP contribution in [0.4, 0.5) is 0 Å². The highest BCUT2D eigenvalue weighted by Gasteiger charge is 2.59. The zero-order valence-electron chi connectivity index (χ0n) is 14.6. The summed E-state index contributed by atoms with van der Waals surface area (Å²) in [7, 11) is 0. The second-order valence-corrected chi connectivity index (χ2v) is 7.98. The number of likely N-dealkylation sites (tertiary alicyclic amines) is 2. The summed E-state index contributed by atoms with van der Waals surface area (Å²) in [6.45, 7) is 7.28. The predicted octanol–water partition coefficient (Wildman–Crippen LogP) is 1.61. The van der Waals surface area contributed by atoms with Crippen LogP contribution in [0.1, 0.15) is 52.4 Å². The van der Waals surface area contributed by atoms with Crippen molar-refractivity contribution < 1.29 is 9.59 Å². The van der Waals surface area contributed by atoms with Gasteiger partial charge in [-0.05, 0) is 50.9 Å². The van der Waals surface area contributed by atoms with Gasteiger partial charge in [-0.15, -0.1) is 0 Å². The average molecular weight is 321 g/mol. The van der Waals surface area contributed by atoms with Crippen LogP contribution in [0.3, 0.4) is 0 Å². The van der Waals surface area contributed by atoms with Crippen LogP contribution in [0, 0.1) is 17.3 Å². The van der Waals surface area contributed by atoms with Gasteiger partial charge in [0, 0.05) is 38.1 Å². The molecule has 3 atom stereocenters. The number of carbonyl (C=O) groups is 2. The molecule has 23 heavy (non-hydrogen) atoms. The van der Waals surface area contributed by atoms with Gasteiger partial charge in [-0.25, -0.2) is 0 Å². The Morgan fingerprint density at radius 3 is 2.17 bits per heavy atom. The van der Waals surface area contributed by atoms with Crippen LogP contribution in [0.2, 0.25) is 0 Å². The van der Waals surface area contributed by atoms with Gasteiger partial charge in [0.1, 0.15) is 0 Å². The minimum atomic E-state index is -0.117. The molecule has 0 aromatic heterocycles. The van der Waals surface area contributed by atoms with Gasteiger partial charge >= 0.3 is 0 Å². The van der Waals surface area contributed by atoms with Crippen LogP contribution >= 0.6 is 0 Å². The number of nitrogens with zero attached hydrogens (tertiary/aromatic N) is 2. The summed E-state index contributed by atoms with van der Waals surface area (Å²) < 4.78 is 0. The largest absolute Gasteiger partial charge is 0.342 e. The Hall–Kier alpha value is -1.10. The molecular formula is C18H31N3O2. The van der Waals surface area contributed by atoms with Gasteiger partial charge in [0.15, 0.2) is 0 Å². The average Bonchev–Trinajstić information content (AvgIpc) is 3.27. The third-order valence-corrected chi connectivity index (χ3v) is 6.40. The van der Waals surface area contributed by atoms with E-state index in [4.69, 9.17) is 5.73 Å². The maximum Gasteiger partial charge on any atom is 0.226 e. The molecule has 5 heteroatoms. The molecule has 3 aliphatic rings. The van der Waals surface area contributed by atoms with Crippen LogP contribution in [0.25, 0.3) is 0 Å². The van der Waals surface area contributed by atoms with E-state index in [1.165, 1.54) is 6.42 Å². The van der Waals surface area contributed by atoms with Gasteiger partial charge in [0.05, 0.1) is 5.92 Å². The number of hydrogen-bond acceptors (Lipinski definition) is 3. The van der Waals surface area contributed by atoms with Gasteiger partial charge in [-0.2, -0.15) is 0 Å². The number of carbonyl (C=O) groups excluding carboxylic acids is 2. The molecule has 2 N–H and O–H groups in total. The van der Waals surface area contributed by atoms with Gasteiger partial charge in [-0.3, -0.25) is 9.59 Å². The van der Waals surface area contributed by atoms with Gasteiger partial charge in [-0.1, -0.05) is 6.92 Å². The lowest BCUT2D eigenvalue weighted by Gasteiger charge is -2.35. The maximum absolute atomic E-state index is 12.7. The Bertz CT molecular complexity index is 463. The zero-order valence-corrected chi connectivity index (χ0v) is 14.6. The number of rotatable bonds is 3. The summed E-state index contributed by atoms with van der Waals surface area (Å²) in [5, 5.41) is 0. The summed E-state index contributed by atoms with van der Waals surface area (Å²) >= 11 is 0. The highest BCUT2D eigenvalue weighted by Crippen LogP contribution is 2.60. The van der Waals surface area contributed by atoms with Crippen molar-refractivity contribution in [3.63, 3.8) is 0 Å². The molecule has 3 fully saturated rings. The van der Waals surface area contributed by atoms with Crippen molar-refractivity contribution >= 4 is 11.8 Å². The Morgan fingerprint density at radius 1 is 1.00 bits per heavy atom. The molecule has 5 nitrogen and oxygen atoms in total. The van der Waals surface area contributed by atoms with Gasteiger partial charge in [0.25, 0.3) is 0 Å². The molecule has 0 bridgehead atoms. The lowest BCUT2D eigenvalue weighted by molar-refractivity contribution is -0.137. The first kappa shape index (κ1) is 16.7. The summed E-state index contributed by atoms with van der Waals surface area (Å²) in [5.41, 5.74) is 6.05. The molecule has 130 valence electrons. The van der Waals surface area contributed by atoms with E-state index in [0.29, 0.717) is 5.91 Å². The van der Waals surface area contributed by atoms with Crippen molar-refractivity contribution in [3.8, 4) is 0 Å². The monoisotopic (exact) mass is 321 g/mol. The summed E-state index contributed by atoms with van der Waals surface area (Å²) in [4.78, 5) is 29.1. The molecule has 0 radical (unpaired) electrons. The molecule has 0 aromatic carbocycles. The number of nitrogens with two attached hydrogens (primary N) is 1. The van der Waals surface area contributed by atoms with E-state index in [2.05, 4.69) is 4.90 Å². The Labute approximate surface area is 139 Å². The molecular weight excluding hydrogens is 290 g/mol. The molecule has 0 aromatic rings. The first-order valence-electron chi connectivity index (χ1n) is 9.28. The Kier molecular flexibility index (Phi) is 4.68. The van der Waals surface area contributed by atoms with Crippen molar-refractivity contribution in [2.24, 2.45) is 23.0 Å². The van der Waals surface area contributed by atoms with Gasteiger partial charge in [0.2, 0.25) is 11.8 Å². The van der Waals surface area contributed by atoms with Crippen LogP contribution in [0.5, 0.6) is 0 Å². The highest BCUT2D eigenvalue weighted by atomic mass is 16.2. The summed E-state index contributed by atoms with van der Waals surface area (Å²) in [6.07, 6.45) is 6.57. The van der Waals surface area contributed by atoms with E-state index in [1.54, 1.807) is 0 Å². The van der Waals surface area contributed by atoms with E-state index in [9.17, 15) is 9.59 Å². The van der Waals surface area contributed by atoms with Crippen molar-refractivity contribution in [2.45, 2.75) is 58.4 Å². The standard InChI is InChI=1S/C18H31N3O2/c1-13(14(2)19)16(22)21-10-6-18(7-11-21)12-15(18)17(23)20-8-4-3-5-9-20/h13-15H,3-12,19H2,1-2H3. The third-order valence-electron chi connectivity index (χ3n) is 6.40. The maximum atomic E-state index is 12.7. The molecule has 1 spiro atoms. The fraction of sp³-hybridized carbons (Fsp3) is 0.889. The fourth-order valence-corrected chi connectivity index (χ4v) is 4.27. The van der Waals surface area contributed by atoms with E-state index >= 15 is 0 Å². The minimum absolute atomic E-state index is 0.104. The lowest BCUT2D eigenvalue weighted by atomic mass is 9.89. The third kappa shape index (κ3) is 3.25. The quantitative estimate of drug-likeness (QED) is 0.859. The topological polar surface area (TPSA) is 66.6 Å². The van der Waals surface area contributed by atoms with Gasteiger partial charge < -0.3 is 15.5 Å². The molecule has 1 saturated carbocycles. The van der Waals surface area contributed by atoms with Crippen molar-refractivity contribution in [1.29, 1.82) is 0 Å². The molecule has 2 aliphatic heterocycles. The van der Waals surface area contributed by atoms with E-state index in [1.807, 2.05) is 18.7 Å². The Morgan fingerprint density at radius 2 is 1.61 bits per heavy atom. The number of hydrogen-bond donors (Lipinski definition) is 1. The summed E-state index contributed by atoms with van der Waals surface area (Å²) in [6, 6.07) is -0.104. The predicted molar refractivity (Wildman–Crippen MR) is 89.6 cm³/mol. The fourth-order valence-electron chi connectivity index (χ4n) is 4.27. The SMILES string of the molecule is CC(N)C(C)C(=O)N1CCC2(CC1)CC2C(=O)N1CCCCC1. The van der Waals surface area contributed by atoms with Crippen molar-refractivity contribution in [1.82, 2.24) is 9.80 Å². The first-order valence-corrected chi connectivity index (χ1v) is 9.28. The molecule has 3 unspecified atom stereocenters. The zero-order chi connectivity index (χ0) is 16.6. The number of amides is 2. The molecule has 1 aliphatic carbocycles. The van der Waals surface area contributed by atoms with Crippen molar-refractivity contribution in [2.75, 3.05) is 26.2 Å². The second kappa shape index (κ2) is 6.42. The molecule has 3 rings (SSSR count). The van der Waals surface area contributed by atoms with E-state index in [-0.39, 0.29) is 29.2 Å². The minimum Gasteiger partial charge on any atom is -0.342 e. The Balaban J connectivity index is 1.52. The lowest BCUT2D eigenvalue weighted by Crippen LogP contribution is -2.46. The second-order valence-electron chi connectivity index (χ2n) is 7.98. The normalized spacial score (nSPS) is 29.3. The van der Waals surface area contributed by atoms with Crippen molar-refractivity contribution in [3.05, 3.63) is 0 Å². The first-order chi connectivity index (χ1) is 10.9. The summed E-state index contributed by atoms with van der Waals surface area (Å²) in [5.74, 6) is 0.667. The highest BCUT2D eigenvalue weighted by molar-refractivity contribution is 5.83. The van der Waals surface area contributed by atoms with Crippen LogP contribution in [-0.4, -0.2) is 53.8 Å². The van der Waals surface area contributed by atoms with E-state index < -0.39 is 0 Å². The van der Waals surface area contributed by atoms with Crippen LogP contribution < -0.4 is 5.73 Å². The molecule has 2 heterocycles. The molecule has 2 saturated heterocycles.